The molecule has 9 atom stereocenters. The second-order valence-corrected chi connectivity index (χ2v) is 15.0. The molecule has 0 aromatic carbocycles. The van der Waals surface area contributed by atoms with Crippen molar-refractivity contribution in [3.05, 3.63) is 12.2 Å². The molecule has 4 fully saturated rings. The summed E-state index contributed by atoms with van der Waals surface area (Å²) in [5.74, 6) is 0.302. The summed E-state index contributed by atoms with van der Waals surface area (Å²) in [6.07, 6.45) is 10.8. The van der Waals surface area contributed by atoms with Crippen molar-refractivity contribution in [1.82, 2.24) is 0 Å². The first-order valence-corrected chi connectivity index (χ1v) is 13.7. The van der Waals surface area contributed by atoms with Gasteiger partial charge in [-0.2, -0.15) is 0 Å². The number of aliphatic hydroxyl groups is 1. The second kappa shape index (κ2) is 6.99. The van der Waals surface area contributed by atoms with Gasteiger partial charge >= 0.3 is 5.97 Å². The minimum absolute atomic E-state index is 0.0298. The summed E-state index contributed by atoms with van der Waals surface area (Å²) < 4.78 is 0. The largest absolute Gasteiger partial charge is 0.481 e. The van der Waals surface area contributed by atoms with Crippen molar-refractivity contribution in [2.24, 2.45) is 56.2 Å². The van der Waals surface area contributed by atoms with Crippen LogP contribution in [0.1, 0.15) is 99.8 Å². The van der Waals surface area contributed by atoms with E-state index in [0.29, 0.717) is 0 Å². The molecule has 0 bridgehead atoms. The van der Waals surface area contributed by atoms with Crippen LogP contribution in [0.25, 0.3) is 0 Å². The third-order valence-corrected chi connectivity index (χ3v) is 13.0. The topological polar surface area (TPSA) is 74.6 Å². The predicted octanol–water partition coefficient (Wildman–Crippen LogP) is 6.27. The summed E-state index contributed by atoms with van der Waals surface area (Å²) >= 11 is 0. The summed E-state index contributed by atoms with van der Waals surface area (Å²) in [5, 5.41) is 21.3. The Bertz CT molecular complexity index is 947. The van der Waals surface area contributed by atoms with Crippen LogP contribution < -0.4 is 0 Å². The molecule has 0 aromatic heterocycles. The van der Waals surface area contributed by atoms with E-state index in [4.69, 9.17) is 0 Å². The predicted molar refractivity (Wildman–Crippen MR) is 133 cm³/mol. The van der Waals surface area contributed by atoms with Crippen LogP contribution in [0.3, 0.4) is 0 Å². The van der Waals surface area contributed by atoms with E-state index < -0.39 is 22.9 Å². The highest BCUT2D eigenvalue weighted by Crippen LogP contribution is 2.75. The van der Waals surface area contributed by atoms with E-state index in [2.05, 4.69) is 60.6 Å². The van der Waals surface area contributed by atoms with Gasteiger partial charge in [-0.1, -0.05) is 60.6 Å². The molecule has 0 radical (unpaired) electrons. The summed E-state index contributed by atoms with van der Waals surface area (Å²) in [6, 6.07) is 0. The number of allylic oxidation sites excluding steroid dienone is 2. The molecule has 0 heterocycles. The van der Waals surface area contributed by atoms with Gasteiger partial charge in [-0.3, -0.25) is 9.59 Å². The van der Waals surface area contributed by atoms with Gasteiger partial charge in [-0.25, -0.2) is 0 Å². The van der Waals surface area contributed by atoms with E-state index in [1.807, 2.05) is 0 Å². The number of carboxylic acid groups (broad SMARTS) is 1. The normalized spacial score (nSPS) is 53.2. The van der Waals surface area contributed by atoms with Crippen LogP contribution in [0.2, 0.25) is 0 Å². The van der Waals surface area contributed by atoms with Crippen molar-refractivity contribution < 1.29 is 19.8 Å². The molecule has 0 saturated heterocycles. The van der Waals surface area contributed by atoms with Crippen molar-refractivity contribution in [2.45, 2.75) is 106 Å². The van der Waals surface area contributed by atoms with Gasteiger partial charge < -0.3 is 10.2 Å². The van der Waals surface area contributed by atoms with Gasteiger partial charge in [-0.05, 0) is 90.3 Å². The highest BCUT2D eigenvalue weighted by atomic mass is 16.4. The fraction of sp³-hybridized carbons (Fsp3) is 0.867. The van der Waals surface area contributed by atoms with Gasteiger partial charge in [0.1, 0.15) is 5.78 Å². The number of carboxylic acids is 1. The summed E-state index contributed by atoms with van der Waals surface area (Å²) in [4.78, 5) is 26.4. The molecule has 4 saturated carbocycles. The number of rotatable bonds is 1. The van der Waals surface area contributed by atoms with Crippen LogP contribution in [0.15, 0.2) is 12.2 Å². The molecule has 5 aliphatic carbocycles. The Morgan fingerprint density at radius 2 is 1.56 bits per heavy atom. The molecule has 5 aliphatic rings. The number of aliphatic hydroxyl groups excluding tert-OH is 1. The SMILES string of the molecule is CC1(C)CCC2(C(=O)O)CCC3(C)C(C=CC4C5(C)C(=O)CC(O)C(C)(C)C5CCC43C)C2C1. The Kier molecular flexibility index (Phi) is 5.04. The summed E-state index contributed by atoms with van der Waals surface area (Å²) in [5.41, 5.74) is -1.30. The van der Waals surface area contributed by atoms with Crippen molar-refractivity contribution >= 4 is 11.8 Å². The van der Waals surface area contributed by atoms with E-state index in [1.165, 1.54) is 0 Å². The third kappa shape index (κ3) is 2.75. The van der Waals surface area contributed by atoms with Gasteiger partial charge in [0.2, 0.25) is 0 Å². The van der Waals surface area contributed by atoms with Crippen molar-refractivity contribution in [2.75, 3.05) is 0 Å². The minimum Gasteiger partial charge on any atom is -0.481 e. The fourth-order valence-corrected chi connectivity index (χ4v) is 10.4. The van der Waals surface area contributed by atoms with E-state index in [9.17, 15) is 19.8 Å². The Labute approximate surface area is 206 Å². The molecule has 4 heteroatoms. The van der Waals surface area contributed by atoms with Crippen molar-refractivity contribution in [3.63, 3.8) is 0 Å². The van der Waals surface area contributed by atoms with Gasteiger partial charge in [0.05, 0.1) is 11.5 Å². The van der Waals surface area contributed by atoms with Crippen LogP contribution in [0.5, 0.6) is 0 Å². The number of ketones is 1. The third-order valence-electron chi connectivity index (χ3n) is 13.0. The molecule has 4 nitrogen and oxygen atoms in total. The molecular formula is C30H46O4. The Hall–Kier alpha value is -1.16. The van der Waals surface area contributed by atoms with Gasteiger partial charge in [0, 0.05) is 11.8 Å². The smallest absolute Gasteiger partial charge is 0.309 e. The van der Waals surface area contributed by atoms with Gasteiger partial charge in [0.15, 0.2) is 0 Å². The Morgan fingerprint density at radius 3 is 2.21 bits per heavy atom. The lowest BCUT2D eigenvalue weighted by atomic mass is 9.32. The zero-order chi connectivity index (χ0) is 25.1. The van der Waals surface area contributed by atoms with Crippen LogP contribution in [-0.2, 0) is 9.59 Å². The van der Waals surface area contributed by atoms with Crippen LogP contribution in [0.4, 0.5) is 0 Å². The number of carbonyl (C=O) groups is 2. The monoisotopic (exact) mass is 470 g/mol. The van der Waals surface area contributed by atoms with Crippen LogP contribution >= 0.6 is 0 Å². The first-order chi connectivity index (χ1) is 15.6. The first-order valence-electron chi connectivity index (χ1n) is 13.7. The van der Waals surface area contributed by atoms with Gasteiger partial charge in [-0.15, -0.1) is 0 Å². The maximum absolute atomic E-state index is 13.7. The second-order valence-electron chi connectivity index (χ2n) is 15.0. The average molecular weight is 471 g/mol. The lowest BCUT2D eigenvalue weighted by molar-refractivity contribution is -0.217. The first kappa shape index (κ1) is 24.5. The zero-order valence-corrected chi connectivity index (χ0v) is 22.4. The number of fused-ring (bicyclic) bond motifs is 7. The molecule has 5 rings (SSSR count). The Balaban J connectivity index is 1.63. The molecule has 190 valence electrons. The highest BCUT2D eigenvalue weighted by molar-refractivity contribution is 5.87. The Morgan fingerprint density at radius 1 is 0.912 bits per heavy atom. The summed E-state index contributed by atoms with van der Waals surface area (Å²) in [7, 11) is 0. The molecule has 34 heavy (non-hydrogen) atoms. The van der Waals surface area contributed by atoms with Crippen molar-refractivity contribution in [3.8, 4) is 0 Å². The average Bonchev–Trinajstić information content (AvgIpc) is 2.72. The lowest BCUT2D eigenvalue weighted by Gasteiger charge is -2.71. The zero-order valence-electron chi connectivity index (χ0n) is 22.4. The molecule has 2 N–H and O–H groups in total. The van der Waals surface area contributed by atoms with Crippen LogP contribution in [0, 0.1) is 56.2 Å². The standard InChI is InChI=1S/C30H46O4/c1-25(2)12-14-30(24(33)34)15-13-27(5)18(19(30)17-25)8-9-21-28(27,6)11-10-20-26(3,4)22(31)16-23(32)29(20,21)7/h8-9,18-22,31H,10-17H2,1-7H3,(H,33,34). The number of aliphatic carboxylic acids is 1. The molecule has 9 unspecified atom stereocenters. The lowest BCUT2D eigenvalue weighted by Crippen LogP contribution is -2.68. The van der Waals surface area contributed by atoms with Crippen LogP contribution in [-0.4, -0.2) is 28.1 Å². The molecule has 0 amide bonds. The van der Waals surface area contributed by atoms with E-state index in [1.54, 1.807) is 0 Å². The van der Waals surface area contributed by atoms with E-state index >= 15 is 0 Å². The number of hydrogen-bond acceptors (Lipinski definition) is 3. The summed E-state index contributed by atoms with van der Waals surface area (Å²) in [6.45, 7) is 16.0. The number of Topliss-reactive ketones (excluding diaryl/α,β-unsaturated/α-hetero) is 1. The van der Waals surface area contributed by atoms with Crippen molar-refractivity contribution in [1.29, 1.82) is 0 Å². The molecule has 0 aromatic rings. The maximum Gasteiger partial charge on any atom is 0.309 e. The fourth-order valence-electron chi connectivity index (χ4n) is 10.4. The highest BCUT2D eigenvalue weighted by Gasteiger charge is 2.71. The molecule has 0 aliphatic heterocycles. The number of carbonyl (C=O) groups excluding carboxylic acids is 1. The quantitative estimate of drug-likeness (QED) is 0.443. The maximum atomic E-state index is 13.7. The molecular weight excluding hydrogens is 424 g/mol. The molecule has 0 spiro atoms. The number of hydrogen-bond donors (Lipinski definition) is 2. The van der Waals surface area contributed by atoms with E-state index in [-0.39, 0.29) is 57.5 Å². The van der Waals surface area contributed by atoms with Gasteiger partial charge in [0.25, 0.3) is 0 Å². The van der Waals surface area contributed by atoms with E-state index in [0.717, 1.165) is 44.9 Å². The minimum atomic E-state index is -0.610.